The lowest BCUT2D eigenvalue weighted by atomic mass is 10.0. The highest BCUT2D eigenvalue weighted by atomic mass is 19.4. The number of fused-ring (bicyclic) bond motifs is 3. The summed E-state index contributed by atoms with van der Waals surface area (Å²) in [7, 11) is 0. The van der Waals surface area contributed by atoms with Gasteiger partial charge in [-0.2, -0.15) is 5.10 Å². The molecule has 4 aliphatic rings. The Bertz CT molecular complexity index is 1060. The highest BCUT2D eigenvalue weighted by Crippen LogP contribution is 2.64. The third-order valence-electron chi connectivity index (χ3n) is 7.83. The minimum absolute atomic E-state index is 0.143. The highest BCUT2D eigenvalue weighted by Gasteiger charge is 2.60. The number of hydrogen-bond donors (Lipinski definition) is 1. The molecule has 6 rings (SSSR count). The number of pyridine rings is 1. The minimum Gasteiger partial charge on any atom is -0.402 e. The molecule has 33 heavy (non-hydrogen) atoms. The zero-order chi connectivity index (χ0) is 23.1. The molecule has 10 heteroatoms. The molecule has 178 valence electrons. The summed E-state index contributed by atoms with van der Waals surface area (Å²) in [6, 6.07) is 4.66. The number of morpholine rings is 1. The van der Waals surface area contributed by atoms with Crippen molar-refractivity contribution in [3.05, 3.63) is 24.0 Å². The van der Waals surface area contributed by atoms with Crippen LogP contribution in [0.4, 0.5) is 19.0 Å². The zero-order valence-electron chi connectivity index (χ0n) is 18.6. The fourth-order valence-electron chi connectivity index (χ4n) is 6.41. The molecule has 0 aromatic carbocycles. The quantitative estimate of drug-likeness (QED) is 0.723. The van der Waals surface area contributed by atoms with E-state index in [1.165, 1.54) is 31.5 Å². The molecule has 2 saturated heterocycles. The van der Waals surface area contributed by atoms with Gasteiger partial charge in [-0.3, -0.25) is 9.58 Å². The second kappa shape index (κ2) is 7.33. The van der Waals surface area contributed by atoms with Gasteiger partial charge < -0.3 is 15.2 Å². The van der Waals surface area contributed by atoms with Gasteiger partial charge in [0, 0.05) is 48.0 Å². The SMILES string of the molecule is CC(C)n1nc(-c2cnc(N)c(OC(F)(F)F)c2)cc1[C@H]1[C@@H]2C[C@@H](N3C[C@H]4C[C@@H]3CO4)C[C@@H]21. The molecule has 2 N–H and O–H groups in total. The second-order valence-corrected chi connectivity index (χ2v) is 10.2. The first kappa shape index (κ1) is 21.2. The van der Waals surface area contributed by atoms with Crippen molar-refractivity contribution in [2.24, 2.45) is 11.8 Å². The topological polar surface area (TPSA) is 78.4 Å². The molecule has 4 heterocycles. The molecular formula is C23H28F3N5O2. The summed E-state index contributed by atoms with van der Waals surface area (Å²) in [6.45, 7) is 6.09. The minimum atomic E-state index is -4.83. The summed E-state index contributed by atoms with van der Waals surface area (Å²) >= 11 is 0. The molecule has 2 aliphatic carbocycles. The molecule has 0 spiro atoms. The van der Waals surface area contributed by atoms with Crippen LogP contribution in [0, 0.1) is 11.8 Å². The fourth-order valence-corrected chi connectivity index (χ4v) is 6.41. The van der Waals surface area contributed by atoms with Crippen molar-refractivity contribution < 1.29 is 22.6 Å². The maximum Gasteiger partial charge on any atom is 0.573 e. The first-order chi connectivity index (χ1) is 15.7. The van der Waals surface area contributed by atoms with Crippen LogP contribution < -0.4 is 10.5 Å². The summed E-state index contributed by atoms with van der Waals surface area (Å²) in [4.78, 5) is 6.57. The maximum atomic E-state index is 12.7. The Kier molecular flexibility index (Phi) is 4.72. The summed E-state index contributed by atoms with van der Waals surface area (Å²) in [5.41, 5.74) is 7.80. The lowest BCUT2D eigenvalue weighted by molar-refractivity contribution is -0.274. The van der Waals surface area contributed by atoms with Gasteiger partial charge in [-0.25, -0.2) is 4.98 Å². The van der Waals surface area contributed by atoms with Crippen LogP contribution in [0.1, 0.15) is 50.8 Å². The average Bonchev–Trinajstić information content (AvgIpc) is 3.32. The van der Waals surface area contributed by atoms with Crippen LogP contribution >= 0.6 is 0 Å². The summed E-state index contributed by atoms with van der Waals surface area (Å²) in [5.74, 6) is 0.934. The van der Waals surface area contributed by atoms with E-state index < -0.39 is 12.1 Å². The Morgan fingerprint density at radius 3 is 2.52 bits per heavy atom. The van der Waals surface area contributed by atoms with Crippen molar-refractivity contribution in [2.45, 2.75) is 69.6 Å². The molecule has 0 unspecified atom stereocenters. The van der Waals surface area contributed by atoms with E-state index in [4.69, 9.17) is 15.6 Å². The molecule has 6 atom stereocenters. The first-order valence-electron chi connectivity index (χ1n) is 11.7. The van der Waals surface area contributed by atoms with Crippen molar-refractivity contribution >= 4 is 5.82 Å². The van der Waals surface area contributed by atoms with Gasteiger partial charge in [0.1, 0.15) is 0 Å². The highest BCUT2D eigenvalue weighted by molar-refractivity contribution is 5.64. The van der Waals surface area contributed by atoms with Gasteiger partial charge in [0.25, 0.3) is 0 Å². The van der Waals surface area contributed by atoms with E-state index in [0.717, 1.165) is 18.8 Å². The van der Waals surface area contributed by atoms with E-state index in [2.05, 4.69) is 28.5 Å². The number of nitrogens with two attached hydrogens (primary N) is 1. The average molecular weight is 464 g/mol. The summed E-state index contributed by atoms with van der Waals surface area (Å²) in [5, 5.41) is 4.74. The third-order valence-corrected chi connectivity index (χ3v) is 7.83. The number of aromatic nitrogens is 3. The van der Waals surface area contributed by atoms with E-state index >= 15 is 0 Å². The van der Waals surface area contributed by atoms with Crippen LogP contribution in [0.2, 0.25) is 0 Å². The number of likely N-dealkylation sites (tertiary alicyclic amines) is 1. The van der Waals surface area contributed by atoms with Crippen LogP contribution in [0.5, 0.6) is 5.75 Å². The van der Waals surface area contributed by atoms with Crippen molar-refractivity contribution in [2.75, 3.05) is 18.9 Å². The predicted molar refractivity (Wildman–Crippen MR) is 115 cm³/mol. The number of ether oxygens (including phenoxy) is 2. The molecule has 2 aliphatic heterocycles. The van der Waals surface area contributed by atoms with Crippen molar-refractivity contribution in [1.29, 1.82) is 0 Å². The van der Waals surface area contributed by atoms with Gasteiger partial charge in [-0.05, 0) is 57.1 Å². The van der Waals surface area contributed by atoms with E-state index in [9.17, 15) is 13.2 Å². The number of alkyl halides is 3. The lowest BCUT2D eigenvalue weighted by Gasteiger charge is -2.33. The molecule has 2 aromatic rings. The van der Waals surface area contributed by atoms with E-state index in [1.807, 2.05) is 10.7 Å². The standard InChI is InChI=1S/C23H28F3N5O2/c1-11(2)31-19(7-18(29-31)12-3-20(22(27)28-8-12)33-23(24,25)26)21-16-5-13(6-17(16)21)30-9-15-4-14(30)10-32-15/h3,7-8,11,13-17,21H,4-6,9-10H2,1-2H3,(H2,27,28)/t13-,14-,15-,16-,17+,21+/m1/s1. The normalized spacial score (nSPS) is 33.2. The van der Waals surface area contributed by atoms with E-state index in [0.29, 0.717) is 47.2 Å². The number of rotatable bonds is 5. The van der Waals surface area contributed by atoms with Gasteiger partial charge >= 0.3 is 6.36 Å². The Labute approximate surface area is 190 Å². The number of nitrogen functional groups attached to an aromatic ring is 1. The van der Waals surface area contributed by atoms with Gasteiger partial charge in [0.2, 0.25) is 0 Å². The Hall–Kier alpha value is -2.33. The molecule has 4 fully saturated rings. The van der Waals surface area contributed by atoms with Gasteiger partial charge in [-0.1, -0.05) is 0 Å². The second-order valence-electron chi connectivity index (χ2n) is 10.2. The Morgan fingerprint density at radius 2 is 1.91 bits per heavy atom. The lowest BCUT2D eigenvalue weighted by Crippen LogP contribution is -2.43. The van der Waals surface area contributed by atoms with Gasteiger partial charge in [0.05, 0.1) is 18.4 Å². The molecule has 7 nitrogen and oxygen atoms in total. The number of nitrogens with zero attached hydrogens (tertiary/aromatic N) is 4. The van der Waals surface area contributed by atoms with Crippen molar-refractivity contribution in [3.8, 4) is 17.0 Å². The summed E-state index contributed by atoms with van der Waals surface area (Å²) in [6.07, 6.45) is 0.610. The largest absolute Gasteiger partial charge is 0.573 e. The van der Waals surface area contributed by atoms with Crippen LogP contribution in [-0.4, -0.2) is 57.4 Å². The molecule has 0 radical (unpaired) electrons. The van der Waals surface area contributed by atoms with E-state index in [-0.39, 0.29) is 11.9 Å². The monoisotopic (exact) mass is 463 g/mol. The number of anilines is 1. The molecule has 2 aromatic heterocycles. The van der Waals surface area contributed by atoms with Crippen LogP contribution in [0.25, 0.3) is 11.3 Å². The third kappa shape index (κ3) is 3.67. The van der Waals surface area contributed by atoms with Crippen LogP contribution in [0.3, 0.4) is 0 Å². The van der Waals surface area contributed by atoms with Crippen LogP contribution in [0.15, 0.2) is 18.3 Å². The zero-order valence-corrected chi connectivity index (χ0v) is 18.6. The van der Waals surface area contributed by atoms with Crippen LogP contribution in [-0.2, 0) is 4.74 Å². The number of hydrogen-bond acceptors (Lipinski definition) is 6. The molecule has 0 amide bonds. The number of halogens is 3. The van der Waals surface area contributed by atoms with Gasteiger partial charge in [0.15, 0.2) is 11.6 Å². The fraction of sp³-hybridized carbons (Fsp3) is 0.652. The molecule has 2 saturated carbocycles. The molecular weight excluding hydrogens is 435 g/mol. The Balaban J connectivity index is 1.22. The van der Waals surface area contributed by atoms with Gasteiger partial charge in [-0.15, -0.1) is 13.2 Å². The molecule has 2 bridgehead atoms. The van der Waals surface area contributed by atoms with Crippen molar-refractivity contribution in [1.82, 2.24) is 19.7 Å². The predicted octanol–water partition coefficient (Wildman–Crippen LogP) is 3.97. The van der Waals surface area contributed by atoms with Crippen molar-refractivity contribution in [3.63, 3.8) is 0 Å². The maximum absolute atomic E-state index is 12.7. The smallest absolute Gasteiger partial charge is 0.402 e. The summed E-state index contributed by atoms with van der Waals surface area (Å²) < 4.78 is 50.0. The van der Waals surface area contributed by atoms with E-state index in [1.54, 1.807) is 0 Å². The first-order valence-corrected chi connectivity index (χ1v) is 11.7. The Morgan fingerprint density at radius 1 is 1.15 bits per heavy atom.